The van der Waals surface area contributed by atoms with Crippen LogP contribution in [0.2, 0.25) is 0 Å². The van der Waals surface area contributed by atoms with Crippen LogP contribution in [0.1, 0.15) is 5.82 Å². The highest BCUT2D eigenvalue weighted by Crippen LogP contribution is 2.21. The number of pyridine rings is 1. The smallest absolute Gasteiger partial charge is 0.132 e. The highest BCUT2D eigenvalue weighted by atomic mass is 79.9. The van der Waals surface area contributed by atoms with Crippen molar-refractivity contribution in [2.24, 2.45) is 0 Å². The van der Waals surface area contributed by atoms with Gasteiger partial charge in [0.2, 0.25) is 0 Å². The first-order valence-corrected chi connectivity index (χ1v) is 7.13. The molecule has 0 radical (unpaired) electrons. The predicted octanol–water partition coefficient (Wildman–Crippen LogP) is 3.30. The van der Waals surface area contributed by atoms with Crippen LogP contribution < -0.4 is 10.5 Å². The molecule has 0 amide bonds. The fraction of sp³-hybridized carbons (Fsp3) is 0.133. The van der Waals surface area contributed by atoms with E-state index >= 15 is 0 Å². The molecule has 2 aromatic heterocycles. The monoisotopic (exact) mass is 331 g/mol. The van der Waals surface area contributed by atoms with Crippen LogP contribution in [-0.4, -0.2) is 16.0 Å². The number of aromatic nitrogens is 2. The van der Waals surface area contributed by atoms with Gasteiger partial charge in [0.25, 0.3) is 0 Å². The summed E-state index contributed by atoms with van der Waals surface area (Å²) < 4.78 is 8.53. The maximum Gasteiger partial charge on any atom is 0.132 e. The van der Waals surface area contributed by atoms with Crippen LogP contribution in [0, 0.1) is 0 Å². The van der Waals surface area contributed by atoms with Gasteiger partial charge in [-0.05, 0) is 40.2 Å². The number of benzene rings is 1. The minimum absolute atomic E-state index is 0.583. The van der Waals surface area contributed by atoms with Crippen molar-refractivity contribution in [1.82, 2.24) is 9.38 Å². The number of imidazole rings is 1. The standard InChI is InChI=1S/C15H14BrN3O/c16-15-13-10-11(17)6-8-19(13)14(18-15)7-9-20-12-4-2-1-3-5-12/h1-6,8,10H,7,9,17H2. The lowest BCUT2D eigenvalue weighted by atomic mass is 10.3. The summed E-state index contributed by atoms with van der Waals surface area (Å²) in [5.74, 6) is 1.82. The zero-order valence-corrected chi connectivity index (χ0v) is 12.4. The van der Waals surface area contributed by atoms with Crippen molar-refractivity contribution >= 4 is 27.1 Å². The van der Waals surface area contributed by atoms with Crippen molar-refractivity contribution in [3.8, 4) is 5.75 Å². The molecule has 4 nitrogen and oxygen atoms in total. The van der Waals surface area contributed by atoms with Gasteiger partial charge in [-0.25, -0.2) is 4.98 Å². The van der Waals surface area contributed by atoms with Crippen LogP contribution in [0.4, 0.5) is 5.69 Å². The number of ether oxygens (including phenoxy) is 1. The number of nitrogens with two attached hydrogens (primary N) is 1. The van der Waals surface area contributed by atoms with Gasteiger partial charge in [-0.15, -0.1) is 0 Å². The molecule has 2 heterocycles. The molecule has 5 heteroatoms. The zero-order valence-electron chi connectivity index (χ0n) is 10.8. The van der Waals surface area contributed by atoms with E-state index in [0.29, 0.717) is 6.61 Å². The SMILES string of the molecule is Nc1ccn2c(CCOc3ccccc3)nc(Br)c2c1. The number of halogens is 1. The van der Waals surface area contributed by atoms with Crippen molar-refractivity contribution in [2.45, 2.75) is 6.42 Å². The van der Waals surface area contributed by atoms with Gasteiger partial charge in [0.15, 0.2) is 0 Å². The molecule has 0 aliphatic rings. The van der Waals surface area contributed by atoms with Gasteiger partial charge in [-0.2, -0.15) is 0 Å². The van der Waals surface area contributed by atoms with E-state index in [1.165, 1.54) is 0 Å². The molecule has 0 saturated carbocycles. The number of nitrogens with zero attached hydrogens (tertiary/aromatic N) is 2. The first-order valence-electron chi connectivity index (χ1n) is 6.34. The quantitative estimate of drug-likeness (QED) is 0.798. The van der Waals surface area contributed by atoms with Gasteiger partial charge in [-0.1, -0.05) is 18.2 Å². The number of hydrogen-bond donors (Lipinski definition) is 1. The van der Waals surface area contributed by atoms with Crippen LogP contribution in [-0.2, 0) is 6.42 Å². The summed E-state index contributed by atoms with van der Waals surface area (Å²) in [6, 6.07) is 13.5. The van der Waals surface area contributed by atoms with E-state index in [9.17, 15) is 0 Å². The Balaban J connectivity index is 1.75. The van der Waals surface area contributed by atoms with E-state index in [0.717, 1.165) is 33.8 Å². The Labute approximate surface area is 125 Å². The first-order chi connectivity index (χ1) is 9.74. The van der Waals surface area contributed by atoms with Crippen LogP contribution in [0.25, 0.3) is 5.52 Å². The Bertz CT molecular complexity index is 725. The topological polar surface area (TPSA) is 52.5 Å². The van der Waals surface area contributed by atoms with E-state index in [4.69, 9.17) is 10.5 Å². The summed E-state index contributed by atoms with van der Waals surface area (Å²) in [6.07, 6.45) is 2.66. The normalized spacial score (nSPS) is 10.8. The minimum Gasteiger partial charge on any atom is -0.493 e. The van der Waals surface area contributed by atoms with E-state index in [1.807, 2.05) is 53.1 Å². The average molecular weight is 332 g/mol. The maximum absolute atomic E-state index is 5.79. The highest BCUT2D eigenvalue weighted by molar-refractivity contribution is 9.10. The van der Waals surface area contributed by atoms with Crippen molar-refractivity contribution < 1.29 is 4.74 Å². The molecule has 3 rings (SSSR count). The molecule has 0 spiro atoms. The molecule has 0 bridgehead atoms. The molecule has 0 aliphatic heterocycles. The summed E-state index contributed by atoms with van der Waals surface area (Å²) in [6.45, 7) is 0.583. The lowest BCUT2D eigenvalue weighted by Crippen LogP contribution is -2.05. The van der Waals surface area contributed by atoms with E-state index in [-0.39, 0.29) is 0 Å². The second-order valence-corrected chi connectivity index (χ2v) is 5.20. The van der Waals surface area contributed by atoms with E-state index < -0.39 is 0 Å². The third-order valence-electron chi connectivity index (χ3n) is 3.03. The molecule has 0 aliphatic carbocycles. The molecule has 102 valence electrons. The van der Waals surface area contributed by atoms with Crippen LogP contribution >= 0.6 is 15.9 Å². The molecule has 1 aromatic carbocycles. The molecular formula is C15H14BrN3O. The third-order valence-corrected chi connectivity index (χ3v) is 3.62. The Morgan fingerprint density at radius 3 is 2.80 bits per heavy atom. The number of fused-ring (bicyclic) bond motifs is 1. The molecule has 20 heavy (non-hydrogen) atoms. The summed E-state index contributed by atoms with van der Waals surface area (Å²) in [5, 5.41) is 0. The Hall–Kier alpha value is -2.01. The number of para-hydroxylation sites is 1. The van der Waals surface area contributed by atoms with Gasteiger partial charge >= 0.3 is 0 Å². The van der Waals surface area contributed by atoms with Gasteiger partial charge in [-0.3, -0.25) is 0 Å². The molecular weight excluding hydrogens is 318 g/mol. The lowest BCUT2D eigenvalue weighted by Gasteiger charge is -2.05. The largest absolute Gasteiger partial charge is 0.493 e. The summed E-state index contributed by atoms with van der Waals surface area (Å²) in [4.78, 5) is 4.51. The Morgan fingerprint density at radius 2 is 2.00 bits per heavy atom. The number of nitrogen functional groups attached to an aromatic ring is 1. The summed E-state index contributed by atoms with van der Waals surface area (Å²) in [5.41, 5.74) is 7.49. The van der Waals surface area contributed by atoms with Crippen LogP contribution in [0.5, 0.6) is 5.75 Å². The van der Waals surface area contributed by atoms with Gasteiger partial charge in [0.05, 0.1) is 12.1 Å². The van der Waals surface area contributed by atoms with Crippen molar-refractivity contribution in [2.75, 3.05) is 12.3 Å². The molecule has 0 atom stereocenters. The van der Waals surface area contributed by atoms with Crippen molar-refractivity contribution in [3.63, 3.8) is 0 Å². The fourth-order valence-electron chi connectivity index (χ4n) is 2.08. The summed E-state index contributed by atoms with van der Waals surface area (Å²) in [7, 11) is 0. The second-order valence-electron chi connectivity index (χ2n) is 4.45. The first kappa shape index (κ1) is 13.0. The lowest BCUT2D eigenvalue weighted by molar-refractivity contribution is 0.318. The fourth-order valence-corrected chi connectivity index (χ4v) is 2.59. The third kappa shape index (κ3) is 2.63. The highest BCUT2D eigenvalue weighted by Gasteiger charge is 2.09. The molecule has 3 aromatic rings. The van der Waals surface area contributed by atoms with Crippen LogP contribution in [0.15, 0.2) is 53.3 Å². The Morgan fingerprint density at radius 1 is 1.20 bits per heavy atom. The average Bonchev–Trinajstić information content (AvgIpc) is 2.76. The molecule has 2 N–H and O–H groups in total. The molecule has 0 fully saturated rings. The number of anilines is 1. The van der Waals surface area contributed by atoms with E-state index in [2.05, 4.69) is 20.9 Å². The molecule has 0 saturated heterocycles. The Kier molecular flexibility index (Phi) is 3.60. The minimum atomic E-state index is 0.583. The van der Waals surface area contributed by atoms with Crippen molar-refractivity contribution in [3.05, 3.63) is 59.1 Å². The summed E-state index contributed by atoms with van der Waals surface area (Å²) >= 11 is 3.46. The van der Waals surface area contributed by atoms with Crippen molar-refractivity contribution in [1.29, 1.82) is 0 Å². The van der Waals surface area contributed by atoms with E-state index in [1.54, 1.807) is 0 Å². The predicted molar refractivity (Wildman–Crippen MR) is 82.9 cm³/mol. The molecule has 0 unspecified atom stereocenters. The number of hydrogen-bond acceptors (Lipinski definition) is 3. The van der Waals surface area contributed by atoms with Gasteiger partial charge in [0.1, 0.15) is 16.2 Å². The maximum atomic E-state index is 5.79. The second kappa shape index (κ2) is 5.54. The van der Waals surface area contributed by atoms with Crippen LogP contribution in [0.3, 0.4) is 0 Å². The van der Waals surface area contributed by atoms with Gasteiger partial charge in [0, 0.05) is 18.3 Å². The van der Waals surface area contributed by atoms with Gasteiger partial charge < -0.3 is 14.9 Å². The number of rotatable bonds is 4. The zero-order chi connectivity index (χ0) is 13.9.